The Bertz CT molecular complexity index is 838. The maximum absolute atomic E-state index is 12.6. The molecule has 1 fully saturated rings. The maximum Gasteiger partial charge on any atom is 0.420 e. The lowest BCUT2D eigenvalue weighted by molar-refractivity contribution is -0.148. The second-order valence-electron chi connectivity index (χ2n) is 6.18. The first kappa shape index (κ1) is 16.3. The summed E-state index contributed by atoms with van der Waals surface area (Å²) in [5.41, 5.74) is 0.920. The number of para-hydroxylation sites is 2. The van der Waals surface area contributed by atoms with Crippen LogP contribution >= 0.6 is 0 Å². The van der Waals surface area contributed by atoms with E-state index < -0.39 is 23.7 Å². The highest BCUT2D eigenvalue weighted by Crippen LogP contribution is 2.22. The lowest BCUT2D eigenvalue weighted by Gasteiger charge is -2.22. The minimum Gasteiger partial charge on any atom is -0.480 e. The fourth-order valence-electron chi connectivity index (χ4n) is 3.09. The van der Waals surface area contributed by atoms with Gasteiger partial charge in [-0.3, -0.25) is 9.36 Å². The third kappa shape index (κ3) is 2.80. The second-order valence-corrected chi connectivity index (χ2v) is 6.18. The van der Waals surface area contributed by atoms with Crippen molar-refractivity contribution in [2.24, 2.45) is 0 Å². The molecule has 1 aromatic heterocycles. The highest BCUT2D eigenvalue weighted by atomic mass is 16.4. The molecule has 1 amide bonds. The number of hydrogen-bond donors (Lipinski definition) is 1. The average molecular weight is 333 g/mol. The van der Waals surface area contributed by atoms with E-state index in [-0.39, 0.29) is 12.6 Å². The maximum atomic E-state index is 12.6. The van der Waals surface area contributed by atoms with Crippen LogP contribution in [-0.4, -0.2) is 64.1 Å². The Morgan fingerprint density at radius 2 is 2.04 bits per heavy atom. The Morgan fingerprint density at radius 1 is 1.33 bits per heavy atom. The molecule has 8 nitrogen and oxygen atoms in total. The second kappa shape index (κ2) is 6.12. The number of aromatic nitrogens is 1. The third-order valence-electron chi connectivity index (χ3n) is 4.48. The summed E-state index contributed by atoms with van der Waals surface area (Å²) in [7, 11) is 3.71. The Kier molecular flexibility index (Phi) is 4.15. The van der Waals surface area contributed by atoms with Gasteiger partial charge in [-0.05, 0) is 32.6 Å². The zero-order valence-electron chi connectivity index (χ0n) is 13.5. The van der Waals surface area contributed by atoms with E-state index in [0.29, 0.717) is 24.1 Å². The standard InChI is InChI=1S/C16H19N3O5/c1-17(2)10-7-12(15(21)22)18(8-10)14(20)9-19-11-5-3-4-6-13(11)24-16(19)23/h3-6,10,12H,7-9H2,1-2H3,(H,21,22)/t10-,12+/m1/s1. The van der Waals surface area contributed by atoms with Gasteiger partial charge in [0.05, 0.1) is 5.52 Å². The molecule has 24 heavy (non-hydrogen) atoms. The highest BCUT2D eigenvalue weighted by Gasteiger charge is 2.40. The first-order valence-electron chi connectivity index (χ1n) is 7.65. The van der Waals surface area contributed by atoms with E-state index in [1.165, 1.54) is 9.47 Å². The molecule has 1 aromatic carbocycles. The number of aliphatic carboxylic acids is 1. The number of carboxylic acids is 1. The molecule has 0 radical (unpaired) electrons. The van der Waals surface area contributed by atoms with Gasteiger partial charge in [-0.1, -0.05) is 12.1 Å². The minimum atomic E-state index is -1.03. The van der Waals surface area contributed by atoms with E-state index in [1.807, 2.05) is 19.0 Å². The Morgan fingerprint density at radius 3 is 2.71 bits per heavy atom. The minimum absolute atomic E-state index is 0.0205. The van der Waals surface area contributed by atoms with Gasteiger partial charge < -0.3 is 19.3 Å². The summed E-state index contributed by atoms with van der Waals surface area (Å²) >= 11 is 0. The Hall–Kier alpha value is -2.61. The van der Waals surface area contributed by atoms with Crippen molar-refractivity contribution in [1.82, 2.24) is 14.4 Å². The predicted molar refractivity (Wildman–Crippen MR) is 85.7 cm³/mol. The zero-order chi connectivity index (χ0) is 17.4. The highest BCUT2D eigenvalue weighted by molar-refractivity contribution is 5.85. The van der Waals surface area contributed by atoms with Crippen LogP contribution in [0.25, 0.3) is 11.1 Å². The van der Waals surface area contributed by atoms with Crippen LogP contribution in [0, 0.1) is 0 Å². The van der Waals surface area contributed by atoms with Gasteiger partial charge in [0.15, 0.2) is 5.58 Å². The first-order chi connectivity index (χ1) is 11.4. The molecule has 1 saturated heterocycles. The average Bonchev–Trinajstić information content (AvgIpc) is 3.10. The van der Waals surface area contributed by atoms with E-state index in [4.69, 9.17) is 4.42 Å². The smallest absolute Gasteiger partial charge is 0.420 e. The summed E-state index contributed by atoms with van der Waals surface area (Å²) < 4.78 is 6.34. The van der Waals surface area contributed by atoms with Crippen molar-refractivity contribution in [3.63, 3.8) is 0 Å². The molecular formula is C16H19N3O5. The number of carbonyl (C=O) groups excluding carboxylic acids is 1. The van der Waals surface area contributed by atoms with Gasteiger partial charge in [-0.15, -0.1) is 0 Å². The molecule has 0 bridgehead atoms. The number of carboxylic acid groups (broad SMARTS) is 1. The van der Waals surface area contributed by atoms with Crippen LogP contribution < -0.4 is 5.76 Å². The van der Waals surface area contributed by atoms with E-state index in [0.717, 1.165) is 0 Å². The molecule has 1 aliphatic heterocycles. The number of nitrogens with zero attached hydrogens (tertiary/aromatic N) is 3. The van der Waals surface area contributed by atoms with Crippen LogP contribution in [0.1, 0.15) is 6.42 Å². The number of fused-ring (bicyclic) bond motifs is 1. The van der Waals surface area contributed by atoms with Crippen molar-refractivity contribution in [3.05, 3.63) is 34.8 Å². The molecule has 2 heterocycles. The fraction of sp³-hybridized carbons (Fsp3) is 0.438. The van der Waals surface area contributed by atoms with Crippen LogP contribution in [0.15, 0.2) is 33.5 Å². The molecular weight excluding hydrogens is 314 g/mol. The lowest BCUT2D eigenvalue weighted by atomic mass is 10.1. The number of likely N-dealkylation sites (N-methyl/N-ethyl adjacent to an activating group) is 1. The zero-order valence-corrected chi connectivity index (χ0v) is 13.5. The summed E-state index contributed by atoms with van der Waals surface area (Å²) in [6.07, 6.45) is 0.370. The summed E-state index contributed by atoms with van der Waals surface area (Å²) in [6.45, 7) is 0.0904. The SMILES string of the molecule is CN(C)[C@@H]1C[C@@H](C(=O)O)N(C(=O)Cn2c(=O)oc3ccccc32)C1. The van der Waals surface area contributed by atoms with Gasteiger partial charge in [-0.25, -0.2) is 9.59 Å². The van der Waals surface area contributed by atoms with Crippen molar-refractivity contribution in [2.75, 3.05) is 20.6 Å². The molecule has 1 aliphatic rings. The lowest BCUT2D eigenvalue weighted by Crippen LogP contribution is -2.43. The molecule has 3 rings (SSSR count). The number of carbonyl (C=O) groups is 2. The molecule has 0 unspecified atom stereocenters. The van der Waals surface area contributed by atoms with Gasteiger partial charge in [0.1, 0.15) is 12.6 Å². The van der Waals surface area contributed by atoms with E-state index >= 15 is 0 Å². The molecule has 0 spiro atoms. The van der Waals surface area contributed by atoms with Crippen LogP contribution in [0.4, 0.5) is 0 Å². The number of oxazole rings is 1. The predicted octanol–water partition coefficient (Wildman–Crippen LogP) is 0.210. The van der Waals surface area contributed by atoms with Crippen LogP contribution in [0.3, 0.4) is 0 Å². The fourth-order valence-corrected chi connectivity index (χ4v) is 3.09. The van der Waals surface area contributed by atoms with Crippen LogP contribution in [0.2, 0.25) is 0 Å². The Balaban J connectivity index is 1.86. The monoisotopic (exact) mass is 333 g/mol. The van der Waals surface area contributed by atoms with Crippen molar-refractivity contribution in [1.29, 1.82) is 0 Å². The van der Waals surface area contributed by atoms with Crippen molar-refractivity contribution in [2.45, 2.75) is 25.0 Å². The van der Waals surface area contributed by atoms with Gasteiger partial charge in [0.25, 0.3) is 0 Å². The van der Waals surface area contributed by atoms with Gasteiger partial charge in [0, 0.05) is 12.6 Å². The summed E-state index contributed by atoms with van der Waals surface area (Å²) in [5.74, 6) is -2.06. The van der Waals surface area contributed by atoms with E-state index in [9.17, 15) is 19.5 Å². The van der Waals surface area contributed by atoms with Gasteiger partial charge in [-0.2, -0.15) is 0 Å². The van der Waals surface area contributed by atoms with Gasteiger partial charge in [0.2, 0.25) is 5.91 Å². The number of amides is 1. The summed E-state index contributed by atoms with van der Waals surface area (Å²) in [6, 6.07) is 5.92. The van der Waals surface area contributed by atoms with Crippen LogP contribution in [0.5, 0.6) is 0 Å². The molecule has 128 valence electrons. The number of likely N-dealkylation sites (tertiary alicyclic amines) is 1. The number of hydrogen-bond acceptors (Lipinski definition) is 5. The number of rotatable bonds is 4. The van der Waals surface area contributed by atoms with Gasteiger partial charge >= 0.3 is 11.7 Å². The van der Waals surface area contributed by atoms with Crippen molar-refractivity contribution < 1.29 is 19.1 Å². The van der Waals surface area contributed by atoms with Crippen molar-refractivity contribution >= 4 is 23.0 Å². The molecule has 1 N–H and O–H groups in total. The third-order valence-corrected chi connectivity index (χ3v) is 4.48. The Labute approximate surface area is 137 Å². The van der Waals surface area contributed by atoms with E-state index in [2.05, 4.69) is 0 Å². The van der Waals surface area contributed by atoms with E-state index in [1.54, 1.807) is 24.3 Å². The summed E-state index contributed by atoms with van der Waals surface area (Å²) in [4.78, 5) is 39.3. The first-order valence-corrected chi connectivity index (χ1v) is 7.65. The molecule has 2 atom stereocenters. The molecule has 2 aromatic rings. The quantitative estimate of drug-likeness (QED) is 0.859. The summed E-state index contributed by atoms with van der Waals surface area (Å²) in [5, 5.41) is 9.39. The largest absolute Gasteiger partial charge is 0.480 e. The topological polar surface area (TPSA) is 96.0 Å². The van der Waals surface area contributed by atoms with Crippen molar-refractivity contribution in [3.8, 4) is 0 Å². The normalized spacial score (nSPS) is 20.9. The molecule has 8 heteroatoms. The molecule has 0 saturated carbocycles. The van der Waals surface area contributed by atoms with Crippen LogP contribution in [-0.2, 0) is 16.1 Å². The number of benzene rings is 1. The molecule has 0 aliphatic carbocycles.